The average Bonchev–Trinajstić information content (AvgIpc) is 3.54. The highest BCUT2D eigenvalue weighted by Gasteiger charge is 2.52. The lowest BCUT2D eigenvalue weighted by atomic mass is 10.1. The summed E-state index contributed by atoms with van der Waals surface area (Å²) in [7, 11) is -5.43. The van der Waals surface area contributed by atoms with Gasteiger partial charge in [-0.3, -0.25) is 40.2 Å². The largest absolute Gasteiger partial charge is 0.858 e. The molecule has 0 saturated carbocycles. The fraction of sp³-hybridized carbons (Fsp3) is 0.385. The molecule has 0 aromatic heterocycles. The van der Waals surface area contributed by atoms with E-state index >= 15 is 0 Å². The second-order valence-electron chi connectivity index (χ2n) is 24.0. The molecule has 0 fully saturated rings. The summed E-state index contributed by atoms with van der Waals surface area (Å²) in [6.45, 7) is 19.5. The Bertz CT molecular complexity index is 3060. The van der Waals surface area contributed by atoms with Crippen LogP contribution in [0.2, 0.25) is 10.1 Å². The minimum absolute atomic E-state index is 0.0108. The van der Waals surface area contributed by atoms with E-state index in [1.165, 1.54) is 20.7 Å². The van der Waals surface area contributed by atoms with E-state index in [9.17, 15) is 9.90 Å². The first-order valence-corrected chi connectivity index (χ1v) is 32.6. The molecule has 4 heterocycles. The SMILES string of the molecule is CC(C)(C)[Si](OC[C@@H]1CC[N+]2=C(N[C@H](CN=C([O-])c3cc(OCc4ccccc4)cc(C(=O)NC[C@@H]4CC[N+]5=C(N4)N[C@H](CO[Si](c4ccccc4)(c4ccccc4)C(C)(C)C)CC5)c3)CC2)N1)(c1ccccc1)c1ccccc1. The first-order valence-electron chi connectivity index (χ1n) is 28.8. The number of benzene rings is 6. The molecular formula is C65H81N8O5Si2+. The van der Waals surface area contributed by atoms with Crippen LogP contribution in [0, 0.1) is 0 Å². The molecule has 4 aliphatic heterocycles. The van der Waals surface area contributed by atoms with Crippen LogP contribution in [0.25, 0.3) is 0 Å². The van der Waals surface area contributed by atoms with Crippen molar-refractivity contribution in [2.75, 3.05) is 52.5 Å². The van der Waals surface area contributed by atoms with Crippen molar-refractivity contribution in [1.29, 1.82) is 0 Å². The zero-order chi connectivity index (χ0) is 55.7. The molecule has 13 nitrogen and oxygen atoms in total. The maximum Gasteiger partial charge on any atom is 0.346 e. The number of aliphatic imine (C=N–C) groups is 1. The number of rotatable bonds is 19. The molecule has 0 spiro atoms. The number of hydrogen-bond acceptors (Lipinski definition) is 10. The maximum absolute atomic E-state index is 14.2. The molecule has 4 atom stereocenters. The van der Waals surface area contributed by atoms with Crippen LogP contribution in [0.15, 0.2) is 175 Å². The number of hydrogen-bond donors (Lipinski definition) is 5. The molecule has 6 aromatic rings. The molecule has 5 N–H and O–H groups in total. The van der Waals surface area contributed by atoms with E-state index < -0.39 is 22.5 Å². The van der Waals surface area contributed by atoms with Crippen molar-refractivity contribution < 1.29 is 32.6 Å². The Hall–Kier alpha value is -7.05. The molecule has 0 unspecified atom stereocenters. The fourth-order valence-corrected chi connectivity index (χ4v) is 21.4. The molecule has 80 heavy (non-hydrogen) atoms. The highest BCUT2D eigenvalue weighted by atomic mass is 28.4. The van der Waals surface area contributed by atoms with Crippen molar-refractivity contribution in [2.45, 2.75) is 108 Å². The van der Waals surface area contributed by atoms with Gasteiger partial charge in [-0.2, -0.15) is 0 Å². The van der Waals surface area contributed by atoms with Crippen LogP contribution in [0.1, 0.15) is 88.7 Å². The summed E-state index contributed by atoms with van der Waals surface area (Å²) in [5.41, 5.74) is 1.63. The van der Waals surface area contributed by atoms with Gasteiger partial charge in [-0.1, -0.05) is 193 Å². The summed E-state index contributed by atoms with van der Waals surface area (Å²) in [5, 5.41) is 37.1. The lowest BCUT2D eigenvalue weighted by Gasteiger charge is -2.44. The lowest BCUT2D eigenvalue weighted by molar-refractivity contribution is -0.542. The highest BCUT2D eigenvalue weighted by Crippen LogP contribution is 2.38. The Kier molecular flexibility index (Phi) is 17.4. The van der Waals surface area contributed by atoms with Crippen LogP contribution in [0.5, 0.6) is 5.75 Å². The zero-order valence-corrected chi connectivity index (χ0v) is 49.6. The molecule has 0 aliphatic carbocycles. The Balaban J connectivity index is 0.779. The molecule has 418 valence electrons. The number of nitrogens with zero attached hydrogens (tertiary/aromatic N) is 3. The van der Waals surface area contributed by atoms with Crippen molar-refractivity contribution in [3.8, 4) is 5.75 Å². The normalized spacial score (nSPS) is 19.8. The van der Waals surface area contributed by atoms with Gasteiger partial charge in [0.25, 0.3) is 22.5 Å². The predicted molar refractivity (Wildman–Crippen MR) is 324 cm³/mol. The molecule has 6 aromatic carbocycles. The van der Waals surface area contributed by atoms with E-state index in [0.717, 1.165) is 69.3 Å². The standard InChI is InChI=1S/C65H80N8O5Si2/c1-64(2,3)79(56-24-14-8-15-25-56,57-26-16-9-17-27-57)77-46-53-34-38-72-36-32-51(68-62(72)70-53)43-66-60(74)49-40-50(42-55(41-49)76-45-48-22-12-7-13-23-48)61(75)67-44-52-33-37-73-39-35-54(71-63(73)69-52)47-78-80(65(4,5)6,58-28-18-10-19-29-58)59-30-20-11-21-31-59/h7-31,40-42,51-54H,32-39,43-47H2,1-6H3,(H4,66,67,68,69,70,71,74,75)/p+1/t51-,52-,53-,54-/m0/s1. The van der Waals surface area contributed by atoms with Crippen LogP contribution in [0.3, 0.4) is 0 Å². The predicted octanol–water partition coefficient (Wildman–Crippen LogP) is 5.44. The summed E-state index contributed by atoms with van der Waals surface area (Å²) >= 11 is 0. The van der Waals surface area contributed by atoms with Crippen molar-refractivity contribution in [3.63, 3.8) is 0 Å². The second kappa shape index (κ2) is 24.8. The van der Waals surface area contributed by atoms with E-state index in [4.69, 9.17) is 13.6 Å². The third kappa shape index (κ3) is 12.6. The van der Waals surface area contributed by atoms with Crippen molar-refractivity contribution in [3.05, 3.63) is 187 Å². The number of carbonyl (C=O) groups excluding carboxylic acids is 1. The van der Waals surface area contributed by atoms with Crippen LogP contribution in [0.4, 0.5) is 0 Å². The third-order valence-electron chi connectivity index (χ3n) is 16.4. The molecule has 0 saturated heterocycles. The molecule has 1 amide bonds. The second-order valence-corrected chi connectivity index (χ2v) is 32.6. The van der Waals surface area contributed by atoms with Crippen LogP contribution in [-0.2, 0) is 15.5 Å². The van der Waals surface area contributed by atoms with Crippen LogP contribution < -0.4 is 57.2 Å². The van der Waals surface area contributed by atoms with E-state index in [1.54, 1.807) is 18.2 Å². The van der Waals surface area contributed by atoms with Crippen LogP contribution >= 0.6 is 0 Å². The van der Waals surface area contributed by atoms with Gasteiger partial charge in [-0.15, -0.1) is 0 Å². The summed E-state index contributed by atoms with van der Waals surface area (Å²) < 4.78 is 25.7. The summed E-state index contributed by atoms with van der Waals surface area (Å²) in [6.07, 6.45) is 3.59. The van der Waals surface area contributed by atoms with Gasteiger partial charge in [0.2, 0.25) is 0 Å². The highest BCUT2D eigenvalue weighted by molar-refractivity contribution is 7.00. The smallest absolute Gasteiger partial charge is 0.346 e. The minimum atomic E-state index is -2.71. The van der Waals surface area contributed by atoms with Crippen molar-refractivity contribution >= 4 is 61.1 Å². The third-order valence-corrected chi connectivity index (χ3v) is 26.5. The Labute approximate surface area is 475 Å². The van der Waals surface area contributed by atoms with E-state index in [1.807, 2.05) is 30.3 Å². The van der Waals surface area contributed by atoms with Gasteiger partial charge in [0, 0.05) is 31.2 Å². The number of carbonyl (C=O) groups is 1. The van der Waals surface area contributed by atoms with Crippen molar-refractivity contribution in [1.82, 2.24) is 26.6 Å². The Morgan fingerprint density at radius 1 is 0.550 bits per heavy atom. The fourth-order valence-electron chi connectivity index (χ4n) is 12.2. The summed E-state index contributed by atoms with van der Waals surface area (Å²) in [6, 6.07) is 58.2. The average molecular weight is 1110 g/mol. The topological polar surface area (TPSA) is 146 Å². The maximum atomic E-state index is 14.2. The van der Waals surface area contributed by atoms with Crippen LogP contribution in [-0.4, -0.2) is 126 Å². The number of amides is 1. The Morgan fingerprint density at radius 3 is 1.39 bits per heavy atom. The van der Waals surface area contributed by atoms with E-state index in [-0.39, 0.29) is 53.3 Å². The lowest BCUT2D eigenvalue weighted by Crippen LogP contribution is -2.68. The number of ether oxygens (including phenoxy) is 1. The first-order chi connectivity index (χ1) is 38.7. The van der Waals surface area contributed by atoms with Gasteiger partial charge < -0.3 is 24.0 Å². The molecule has 4 aliphatic rings. The monoisotopic (exact) mass is 1110 g/mol. The summed E-state index contributed by atoms with van der Waals surface area (Å²) in [5.74, 6) is 1.68. The Morgan fingerprint density at radius 2 is 0.938 bits per heavy atom. The van der Waals surface area contributed by atoms with Gasteiger partial charge in [0.05, 0.1) is 76.6 Å². The first kappa shape index (κ1) is 56.2. The van der Waals surface area contributed by atoms with Gasteiger partial charge in [-0.25, -0.2) is 0 Å². The summed E-state index contributed by atoms with van der Waals surface area (Å²) in [4.78, 5) is 18.8. The van der Waals surface area contributed by atoms with E-state index in [2.05, 4.69) is 204 Å². The van der Waals surface area contributed by atoms with Crippen molar-refractivity contribution in [2.24, 2.45) is 4.99 Å². The quantitative estimate of drug-likeness (QED) is 0.0310. The molecule has 10 rings (SSSR count). The molecule has 15 heteroatoms. The molecule has 0 bridgehead atoms. The van der Waals surface area contributed by atoms with Gasteiger partial charge in [-0.05, 0) is 66.0 Å². The zero-order valence-electron chi connectivity index (χ0n) is 47.6. The van der Waals surface area contributed by atoms with Gasteiger partial charge in [0.15, 0.2) is 0 Å². The van der Waals surface area contributed by atoms with Gasteiger partial charge >= 0.3 is 11.9 Å². The molecular weight excluding hydrogens is 1030 g/mol. The van der Waals surface area contributed by atoms with E-state index in [0.29, 0.717) is 36.6 Å². The number of nitrogens with one attached hydrogen (secondary N) is 5. The minimum Gasteiger partial charge on any atom is -0.858 e. The molecule has 0 radical (unpaired) electrons. The number of guanidine groups is 2. The van der Waals surface area contributed by atoms with Gasteiger partial charge in [0.1, 0.15) is 12.4 Å².